The molecule has 2 aromatic carbocycles. The summed E-state index contributed by atoms with van der Waals surface area (Å²) in [4.78, 5) is 16.4. The predicted octanol–water partition coefficient (Wildman–Crippen LogP) is 6.11. The number of rotatable bonds is 6. The van der Waals surface area contributed by atoms with Crippen LogP contribution in [0.4, 0.5) is 4.39 Å². The molecular weight excluding hydrogens is 485 g/mol. The molecule has 0 amide bonds. The summed E-state index contributed by atoms with van der Waals surface area (Å²) in [7, 11) is 0. The van der Waals surface area contributed by atoms with Gasteiger partial charge in [0, 0.05) is 12.0 Å². The van der Waals surface area contributed by atoms with E-state index in [9.17, 15) is 14.3 Å². The molecule has 0 spiro atoms. The van der Waals surface area contributed by atoms with E-state index in [4.69, 9.17) is 16.9 Å². The van der Waals surface area contributed by atoms with Gasteiger partial charge in [0.05, 0.1) is 22.3 Å². The molecule has 3 aromatic rings. The fourth-order valence-corrected chi connectivity index (χ4v) is 4.83. The first-order chi connectivity index (χ1) is 14.9. The smallest absolute Gasteiger partial charge is 0.356 e. The molecule has 1 heterocycles. The first-order valence-corrected chi connectivity index (χ1v) is 11.0. The topological polar surface area (TPSA) is 78.9 Å². The number of benzene rings is 2. The summed E-state index contributed by atoms with van der Waals surface area (Å²) in [6, 6.07) is 13.9. The van der Waals surface area contributed by atoms with Crippen molar-refractivity contribution in [2.24, 2.45) is 0 Å². The van der Waals surface area contributed by atoms with Crippen molar-refractivity contribution in [3.05, 3.63) is 86.1 Å². The molecule has 1 unspecified atom stereocenters. The van der Waals surface area contributed by atoms with Gasteiger partial charge in [0.2, 0.25) is 0 Å². The zero-order valence-corrected chi connectivity index (χ0v) is 18.7. The van der Waals surface area contributed by atoms with E-state index in [0.29, 0.717) is 22.4 Å². The van der Waals surface area contributed by atoms with Crippen molar-refractivity contribution in [3.63, 3.8) is 0 Å². The van der Waals surface area contributed by atoms with Gasteiger partial charge in [-0.3, -0.25) is 0 Å². The third-order valence-electron chi connectivity index (χ3n) is 5.74. The number of aromatic nitrogens is 2. The summed E-state index contributed by atoms with van der Waals surface area (Å²) in [5.41, 5.74) is 2.71. The Morgan fingerprint density at radius 3 is 2.58 bits per heavy atom. The molecule has 0 saturated heterocycles. The lowest BCUT2D eigenvalue weighted by Crippen LogP contribution is -2.23. The molecule has 8 heteroatoms. The third-order valence-corrected chi connectivity index (χ3v) is 6.59. The number of halogens is 3. The SMILES string of the molecule is N#Cc1ccc(C(Cc2ccc(F)c(Cl)c2)c2c(C(=O)O)nc(Br)n2C2CCC2)cc1. The summed E-state index contributed by atoms with van der Waals surface area (Å²) in [6.07, 6.45) is 3.37. The van der Waals surface area contributed by atoms with Crippen LogP contribution in [0.3, 0.4) is 0 Å². The van der Waals surface area contributed by atoms with Crippen LogP contribution in [-0.2, 0) is 6.42 Å². The highest BCUT2D eigenvalue weighted by Crippen LogP contribution is 2.41. The van der Waals surface area contributed by atoms with Gasteiger partial charge in [-0.05, 0) is 77.0 Å². The number of carbonyl (C=O) groups is 1. The van der Waals surface area contributed by atoms with Crippen molar-refractivity contribution in [3.8, 4) is 6.07 Å². The van der Waals surface area contributed by atoms with Crippen LogP contribution in [0.1, 0.15) is 64.1 Å². The first-order valence-electron chi connectivity index (χ1n) is 9.84. The van der Waals surface area contributed by atoms with E-state index < -0.39 is 11.8 Å². The molecule has 1 aliphatic rings. The third kappa shape index (κ3) is 4.23. The summed E-state index contributed by atoms with van der Waals surface area (Å²) in [6.45, 7) is 0. The van der Waals surface area contributed by atoms with E-state index in [1.165, 1.54) is 6.07 Å². The Bertz CT molecular complexity index is 1180. The number of hydrogen-bond donors (Lipinski definition) is 1. The van der Waals surface area contributed by atoms with Crippen molar-refractivity contribution < 1.29 is 14.3 Å². The van der Waals surface area contributed by atoms with Crippen molar-refractivity contribution in [2.45, 2.75) is 37.6 Å². The molecular formula is C23H18BrClFN3O2. The Morgan fingerprint density at radius 1 is 1.32 bits per heavy atom. The number of aromatic carboxylic acids is 1. The summed E-state index contributed by atoms with van der Waals surface area (Å²) in [5, 5.41) is 19.1. The molecule has 1 N–H and O–H groups in total. The van der Waals surface area contributed by atoms with Crippen LogP contribution in [0.15, 0.2) is 47.2 Å². The first kappa shape index (κ1) is 21.5. The molecule has 1 atom stereocenters. The van der Waals surface area contributed by atoms with E-state index in [2.05, 4.69) is 27.0 Å². The quantitative estimate of drug-likeness (QED) is 0.441. The normalized spacial score (nSPS) is 14.6. The number of hydrogen-bond acceptors (Lipinski definition) is 3. The Morgan fingerprint density at radius 2 is 2.03 bits per heavy atom. The zero-order chi connectivity index (χ0) is 22.1. The second kappa shape index (κ2) is 8.81. The fraction of sp³-hybridized carbons (Fsp3) is 0.261. The maximum Gasteiger partial charge on any atom is 0.356 e. The van der Waals surface area contributed by atoms with Crippen LogP contribution in [0.2, 0.25) is 5.02 Å². The molecule has 31 heavy (non-hydrogen) atoms. The number of carboxylic acids is 1. The van der Waals surface area contributed by atoms with Crippen LogP contribution >= 0.6 is 27.5 Å². The Balaban J connectivity index is 1.88. The van der Waals surface area contributed by atoms with Crippen LogP contribution in [0.5, 0.6) is 0 Å². The molecule has 4 rings (SSSR count). The second-order valence-corrected chi connectivity index (χ2v) is 8.73. The van der Waals surface area contributed by atoms with Gasteiger partial charge in [0.25, 0.3) is 0 Å². The van der Waals surface area contributed by atoms with E-state index in [1.807, 2.05) is 16.7 Å². The minimum Gasteiger partial charge on any atom is -0.476 e. The summed E-state index contributed by atoms with van der Waals surface area (Å²) >= 11 is 9.45. The maximum absolute atomic E-state index is 13.7. The molecule has 0 radical (unpaired) electrons. The van der Waals surface area contributed by atoms with E-state index >= 15 is 0 Å². The number of nitrogens with zero attached hydrogens (tertiary/aromatic N) is 3. The van der Waals surface area contributed by atoms with Gasteiger partial charge in [0.1, 0.15) is 5.82 Å². The van der Waals surface area contributed by atoms with Gasteiger partial charge in [-0.2, -0.15) is 5.26 Å². The Hall–Kier alpha value is -2.69. The molecule has 158 valence electrons. The predicted molar refractivity (Wildman–Crippen MR) is 118 cm³/mol. The van der Waals surface area contributed by atoms with Gasteiger partial charge < -0.3 is 9.67 Å². The number of carboxylic acid groups (broad SMARTS) is 1. The van der Waals surface area contributed by atoms with Crippen molar-refractivity contribution in [2.75, 3.05) is 0 Å². The molecule has 1 saturated carbocycles. The van der Waals surface area contributed by atoms with Crippen LogP contribution in [0.25, 0.3) is 0 Å². The van der Waals surface area contributed by atoms with E-state index in [0.717, 1.165) is 30.4 Å². The monoisotopic (exact) mass is 501 g/mol. The molecule has 1 aromatic heterocycles. The average Bonchev–Trinajstić information content (AvgIpc) is 3.05. The lowest BCUT2D eigenvalue weighted by Gasteiger charge is -2.32. The zero-order valence-electron chi connectivity index (χ0n) is 16.4. The average molecular weight is 503 g/mol. The summed E-state index contributed by atoms with van der Waals surface area (Å²) in [5.74, 6) is -1.99. The van der Waals surface area contributed by atoms with Crippen molar-refractivity contribution in [1.29, 1.82) is 5.26 Å². The number of nitriles is 1. The lowest BCUT2D eigenvalue weighted by atomic mass is 9.86. The van der Waals surface area contributed by atoms with Gasteiger partial charge >= 0.3 is 5.97 Å². The second-order valence-electron chi connectivity index (χ2n) is 7.61. The molecule has 0 bridgehead atoms. The van der Waals surface area contributed by atoms with Crippen LogP contribution in [-0.4, -0.2) is 20.6 Å². The maximum atomic E-state index is 13.7. The number of imidazole rings is 1. The van der Waals surface area contributed by atoms with E-state index in [1.54, 1.807) is 24.3 Å². The van der Waals surface area contributed by atoms with Crippen molar-refractivity contribution >= 4 is 33.5 Å². The minimum atomic E-state index is -1.11. The molecule has 1 fully saturated rings. The van der Waals surface area contributed by atoms with Crippen LogP contribution < -0.4 is 0 Å². The van der Waals surface area contributed by atoms with Gasteiger partial charge in [0.15, 0.2) is 10.4 Å². The standard InChI is InChI=1S/C23H18BrClFN3O2/c24-23-28-20(22(30)31)21(29(23)16-2-1-3-16)17(15-7-4-13(12-27)5-8-15)10-14-6-9-19(26)18(25)11-14/h4-9,11,16-17H,1-3,10H2,(H,30,31). The van der Waals surface area contributed by atoms with Crippen LogP contribution in [0, 0.1) is 17.1 Å². The molecule has 1 aliphatic carbocycles. The highest BCUT2D eigenvalue weighted by molar-refractivity contribution is 9.10. The highest BCUT2D eigenvalue weighted by atomic mass is 79.9. The van der Waals surface area contributed by atoms with Gasteiger partial charge in [-0.15, -0.1) is 0 Å². The Labute approximate surface area is 192 Å². The minimum absolute atomic E-state index is 0.0126. The van der Waals surface area contributed by atoms with Gasteiger partial charge in [-0.25, -0.2) is 14.2 Å². The molecule has 0 aliphatic heterocycles. The van der Waals surface area contributed by atoms with Gasteiger partial charge in [-0.1, -0.05) is 29.8 Å². The highest BCUT2D eigenvalue weighted by Gasteiger charge is 2.33. The lowest BCUT2D eigenvalue weighted by molar-refractivity contribution is 0.0689. The Kier molecular flexibility index (Phi) is 6.12. The van der Waals surface area contributed by atoms with E-state index in [-0.39, 0.29) is 22.7 Å². The van der Waals surface area contributed by atoms with Crippen molar-refractivity contribution in [1.82, 2.24) is 9.55 Å². The molecule has 5 nitrogen and oxygen atoms in total. The fourth-order valence-electron chi connectivity index (χ4n) is 3.96. The summed E-state index contributed by atoms with van der Waals surface area (Å²) < 4.78 is 16.2. The largest absolute Gasteiger partial charge is 0.476 e.